The molecule has 0 aliphatic heterocycles. The van der Waals surface area contributed by atoms with Crippen molar-refractivity contribution in [2.45, 2.75) is 6.54 Å². The van der Waals surface area contributed by atoms with Crippen LogP contribution in [0.5, 0.6) is 0 Å². The van der Waals surface area contributed by atoms with Crippen LogP contribution in [0, 0.1) is 10.1 Å². The van der Waals surface area contributed by atoms with Gasteiger partial charge in [0.05, 0.1) is 11.5 Å². The molecule has 0 fully saturated rings. The third-order valence-corrected chi connectivity index (χ3v) is 2.40. The predicted octanol–water partition coefficient (Wildman–Crippen LogP) is -0.370. The van der Waals surface area contributed by atoms with Gasteiger partial charge in [0.15, 0.2) is 5.82 Å². The quantitative estimate of drug-likeness (QED) is 0.573. The molecule has 0 aromatic carbocycles. The summed E-state index contributed by atoms with van der Waals surface area (Å²) in [5.74, 6) is -0.222. The Bertz CT molecular complexity index is 667. The van der Waals surface area contributed by atoms with Gasteiger partial charge in [-0.05, 0) is 6.07 Å². The Balaban J connectivity index is 2.16. The van der Waals surface area contributed by atoms with Crippen LogP contribution in [-0.2, 0) is 13.6 Å². The van der Waals surface area contributed by atoms with Crippen LogP contribution in [0.1, 0.15) is 16.2 Å². The fourth-order valence-corrected chi connectivity index (χ4v) is 1.51. The van der Waals surface area contributed by atoms with Crippen molar-refractivity contribution in [3.63, 3.8) is 0 Å². The molecule has 10 heteroatoms. The molecule has 0 aliphatic rings. The van der Waals surface area contributed by atoms with E-state index in [9.17, 15) is 14.9 Å². The van der Waals surface area contributed by atoms with Gasteiger partial charge in [-0.1, -0.05) is 0 Å². The van der Waals surface area contributed by atoms with E-state index in [0.717, 1.165) is 12.3 Å². The van der Waals surface area contributed by atoms with E-state index in [4.69, 9.17) is 5.73 Å². The first-order valence-electron chi connectivity index (χ1n) is 5.50. The Morgan fingerprint density at radius 1 is 1.55 bits per heavy atom. The molecular formula is C10H11N7O3. The van der Waals surface area contributed by atoms with Crippen LogP contribution >= 0.6 is 0 Å². The molecule has 0 radical (unpaired) electrons. The van der Waals surface area contributed by atoms with Gasteiger partial charge in [-0.25, -0.2) is 9.97 Å². The molecule has 1 amide bonds. The van der Waals surface area contributed by atoms with Crippen LogP contribution in [0.15, 0.2) is 18.6 Å². The number of anilines is 1. The molecule has 20 heavy (non-hydrogen) atoms. The molecule has 0 spiro atoms. The maximum atomic E-state index is 11.9. The third kappa shape index (κ3) is 2.85. The fourth-order valence-electron chi connectivity index (χ4n) is 1.51. The van der Waals surface area contributed by atoms with Crippen LogP contribution in [0.25, 0.3) is 0 Å². The Labute approximate surface area is 112 Å². The van der Waals surface area contributed by atoms with Crippen molar-refractivity contribution >= 4 is 17.4 Å². The van der Waals surface area contributed by atoms with E-state index in [1.807, 2.05) is 0 Å². The second-order valence-corrected chi connectivity index (χ2v) is 3.90. The second-order valence-electron chi connectivity index (χ2n) is 3.90. The number of nitrogens with two attached hydrogens (primary N) is 1. The van der Waals surface area contributed by atoms with E-state index in [0.29, 0.717) is 5.82 Å². The first-order chi connectivity index (χ1) is 9.47. The lowest BCUT2D eigenvalue weighted by Crippen LogP contribution is -2.24. The van der Waals surface area contributed by atoms with Crippen molar-refractivity contribution in [1.29, 1.82) is 0 Å². The molecule has 0 atom stereocenters. The van der Waals surface area contributed by atoms with Gasteiger partial charge in [-0.2, -0.15) is 5.10 Å². The van der Waals surface area contributed by atoms with Crippen molar-refractivity contribution in [2.24, 2.45) is 7.05 Å². The van der Waals surface area contributed by atoms with E-state index < -0.39 is 16.5 Å². The molecule has 0 bridgehead atoms. The Morgan fingerprint density at radius 2 is 2.30 bits per heavy atom. The van der Waals surface area contributed by atoms with E-state index in [1.165, 1.54) is 11.0 Å². The number of hydrogen-bond acceptors (Lipinski definition) is 7. The number of nitro groups is 1. The van der Waals surface area contributed by atoms with Gasteiger partial charge < -0.3 is 11.1 Å². The number of pyridine rings is 1. The van der Waals surface area contributed by atoms with Gasteiger partial charge in [0.2, 0.25) is 0 Å². The zero-order chi connectivity index (χ0) is 14.7. The zero-order valence-electron chi connectivity index (χ0n) is 10.5. The minimum absolute atomic E-state index is 0.0247. The number of nitrogens with one attached hydrogen (secondary N) is 1. The van der Waals surface area contributed by atoms with Gasteiger partial charge in [-0.3, -0.25) is 19.6 Å². The number of aromatic nitrogens is 4. The van der Waals surface area contributed by atoms with E-state index in [2.05, 4.69) is 20.4 Å². The number of hydrogen-bond donors (Lipinski definition) is 2. The fraction of sp³-hybridized carbons (Fsp3) is 0.200. The number of carbonyl (C=O) groups is 1. The van der Waals surface area contributed by atoms with E-state index >= 15 is 0 Å². The van der Waals surface area contributed by atoms with Crippen molar-refractivity contribution < 1.29 is 9.72 Å². The largest absolute Gasteiger partial charge is 0.384 e. The van der Waals surface area contributed by atoms with Crippen molar-refractivity contribution in [2.75, 3.05) is 5.73 Å². The lowest BCUT2D eigenvalue weighted by atomic mass is 10.2. The summed E-state index contributed by atoms with van der Waals surface area (Å²) in [6, 6.07) is 1.15. The summed E-state index contributed by atoms with van der Waals surface area (Å²) in [5.41, 5.74) is 4.87. The molecular weight excluding hydrogens is 266 g/mol. The highest BCUT2D eigenvalue weighted by Gasteiger charge is 2.21. The number of amides is 1. The Morgan fingerprint density at radius 3 is 2.90 bits per heavy atom. The maximum absolute atomic E-state index is 11.9. The molecule has 2 heterocycles. The molecule has 2 aromatic rings. The van der Waals surface area contributed by atoms with Gasteiger partial charge in [0, 0.05) is 7.05 Å². The molecule has 10 nitrogen and oxygen atoms in total. The average molecular weight is 277 g/mol. The number of nitrogens with zero attached hydrogens (tertiary/aromatic N) is 5. The summed E-state index contributed by atoms with van der Waals surface area (Å²) in [6.45, 7) is 0.0546. The summed E-state index contributed by atoms with van der Waals surface area (Å²) >= 11 is 0. The smallest absolute Gasteiger partial charge is 0.300 e. The maximum Gasteiger partial charge on any atom is 0.300 e. The van der Waals surface area contributed by atoms with Gasteiger partial charge in [0.1, 0.15) is 23.9 Å². The molecule has 0 saturated heterocycles. The number of carbonyl (C=O) groups excluding carboxylic acids is 1. The summed E-state index contributed by atoms with van der Waals surface area (Å²) < 4.78 is 1.48. The number of rotatable bonds is 4. The van der Waals surface area contributed by atoms with E-state index in [1.54, 1.807) is 7.05 Å². The Kier molecular flexibility index (Phi) is 3.55. The molecule has 0 saturated carbocycles. The SMILES string of the molecule is Cn1cnc(CNC(=O)c2cc(N)ncc2[N+](=O)[O-])n1. The molecule has 0 unspecified atom stereocenters. The van der Waals surface area contributed by atoms with Gasteiger partial charge in [-0.15, -0.1) is 0 Å². The van der Waals surface area contributed by atoms with Crippen molar-refractivity contribution in [3.05, 3.63) is 40.1 Å². The summed E-state index contributed by atoms with van der Waals surface area (Å²) in [5, 5.41) is 17.3. The molecule has 3 N–H and O–H groups in total. The lowest BCUT2D eigenvalue weighted by molar-refractivity contribution is -0.385. The van der Waals surface area contributed by atoms with Crippen LogP contribution in [0.2, 0.25) is 0 Å². The summed E-state index contributed by atoms with van der Waals surface area (Å²) in [7, 11) is 1.69. The standard InChI is InChI=1S/C10H11N7O3/c1-16-5-14-9(15-16)4-13-10(18)6-2-8(11)12-3-7(6)17(19)20/h2-3,5H,4H2,1H3,(H2,11,12)(H,13,18). The molecule has 2 rings (SSSR count). The normalized spacial score (nSPS) is 10.2. The molecule has 0 aliphatic carbocycles. The number of aryl methyl sites for hydroxylation is 1. The highest BCUT2D eigenvalue weighted by atomic mass is 16.6. The summed E-state index contributed by atoms with van der Waals surface area (Å²) in [6.07, 6.45) is 2.43. The molecule has 104 valence electrons. The van der Waals surface area contributed by atoms with Gasteiger partial charge in [0.25, 0.3) is 11.6 Å². The topological polar surface area (TPSA) is 142 Å². The van der Waals surface area contributed by atoms with Crippen LogP contribution in [-0.4, -0.2) is 30.6 Å². The second kappa shape index (κ2) is 5.30. The minimum Gasteiger partial charge on any atom is -0.384 e. The Hall–Kier alpha value is -3.04. The highest BCUT2D eigenvalue weighted by molar-refractivity contribution is 5.98. The zero-order valence-corrected chi connectivity index (χ0v) is 10.5. The van der Waals surface area contributed by atoms with Crippen molar-refractivity contribution in [1.82, 2.24) is 25.1 Å². The third-order valence-electron chi connectivity index (χ3n) is 2.40. The number of nitrogen functional groups attached to an aromatic ring is 1. The lowest BCUT2D eigenvalue weighted by Gasteiger charge is -2.04. The monoisotopic (exact) mass is 277 g/mol. The minimum atomic E-state index is -0.694. The highest BCUT2D eigenvalue weighted by Crippen LogP contribution is 2.18. The first-order valence-corrected chi connectivity index (χ1v) is 5.50. The van der Waals surface area contributed by atoms with Crippen LogP contribution < -0.4 is 11.1 Å². The van der Waals surface area contributed by atoms with Crippen LogP contribution in [0.4, 0.5) is 11.5 Å². The average Bonchev–Trinajstić information content (AvgIpc) is 2.81. The van der Waals surface area contributed by atoms with Crippen molar-refractivity contribution in [3.8, 4) is 0 Å². The van der Waals surface area contributed by atoms with Crippen LogP contribution in [0.3, 0.4) is 0 Å². The predicted molar refractivity (Wildman–Crippen MR) is 67.5 cm³/mol. The first kappa shape index (κ1) is 13.4. The molecule has 2 aromatic heterocycles. The van der Waals surface area contributed by atoms with E-state index in [-0.39, 0.29) is 17.9 Å². The van der Waals surface area contributed by atoms with Gasteiger partial charge >= 0.3 is 0 Å². The summed E-state index contributed by atoms with van der Waals surface area (Å²) in [4.78, 5) is 29.6.